The molecule has 14 heteroatoms. The average molecular weight is 875 g/mol. The van der Waals surface area contributed by atoms with E-state index in [2.05, 4.69) is 29.6 Å². The lowest BCUT2D eigenvalue weighted by molar-refractivity contribution is -0.0358. The Hall–Kier alpha value is -5.60. The number of Topliss-reactive ketones (excluding diaryl/α,β-unsaturated/α-hetero) is 4. The van der Waals surface area contributed by atoms with Gasteiger partial charge in [-0.3, -0.25) is 19.2 Å². The molecule has 12 rings (SSSR count). The number of ether oxygens (including phenoxy) is 2. The summed E-state index contributed by atoms with van der Waals surface area (Å²) < 4.78 is 70.6. The third-order valence-corrected chi connectivity index (χ3v) is 16.0. The van der Waals surface area contributed by atoms with Crippen molar-refractivity contribution in [2.75, 3.05) is 0 Å². The minimum Gasteiger partial charge on any atom is -0.481 e. The maximum absolute atomic E-state index is 14.1. The van der Waals surface area contributed by atoms with Crippen LogP contribution in [0.4, 0.5) is 17.6 Å². The Bertz CT molecular complexity index is 2830. The summed E-state index contributed by atoms with van der Waals surface area (Å²) in [5.41, 5.74) is 1.16. The lowest BCUT2D eigenvalue weighted by atomic mass is 9.74. The lowest BCUT2D eigenvalue weighted by Crippen LogP contribution is -2.45. The van der Waals surface area contributed by atoms with Crippen molar-refractivity contribution in [3.63, 3.8) is 0 Å². The molecule has 3 atom stereocenters. The fourth-order valence-electron chi connectivity index (χ4n) is 10.7. The minimum atomic E-state index is -1.19. The molecule has 1 aromatic heterocycles. The quantitative estimate of drug-likeness (QED) is 0.153. The van der Waals surface area contributed by atoms with Crippen LogP contribution < -0.4 is 5.32 Å². The summed E-state index contributed by atoms with van der Waals surface area (Å²) in [6.07, 6.45) is 20.6. The lowest BCUT2D eigenvalue weighted by Gasteiger charge is -2.46. The molecule has 3 aliphatic heterocycles. The van der Waals surface area contributed by atoms with Gasteiger partial charge in [-0.2, -0.15) is 0 Å². The number of hydrogen-bond acceptors (Lipinski definition) is 10. The Morgan fingerprint density at radius 1 is 0.629 bits per heavy atom. The van der Waals surface area contributed by atoms with Gasteiger partial charge in [-0.1, -0.05) is 36.8 Å². The summed E-state index contributed by atoms with van der Waals surface area (Å²) in [4.78, 5) is 60.3. The molecule has 6 aliphatic carbocycles. The second kappa shape index (κ2) is 13.5. The summed E-state index contributed by atoms with van der Waals surface area (Å²) in [6, 6.07) is 3.14. The number of thiazole rings is 1. The molecule has 1 N–H and O–H groups in total. The number of carbonyl (C=O) groups is 4. The number of benzene rings is 2. The van der Waals surface area contributed by atoms with Gasteiger partial charge in [-0.05, 0) is 99.9 Å². The average Bonchev–Trinajstić information content (AvgIpc) is 4.00. The van der Waals surface area contributed by atoms with Crippen molar-refractivity contribution >= 4 is 57.9 Å². The maximum atomic E-state index is 14.1. The summed E-state index contributed by atoms with van der Waals surface area (Å²) in [7, 11) is 0. The molecule has 8 nitrogen and oxygen atoms in total. The van der Waals surface area contributed by atoms with Gasteiger partial charge in [0.05, 0.1) is 27.1 Å². The standard InChI is InChI=1S/C48H34F4N2O6S2/c49-31-15-23-24(16-32(31)50)40(56)29(39(23)55)19-37-53-45-43(61-37)27-11-22-14-36-28(12-21(22)13-35(27)59-47(45)7-3-1-4-8-47)44-46(48(60-36)9-5-2-6-10-48)54-38(62-44)20-30-41(57)25-17-33(51)34(52)18-26(25)42(30)58/h11-22,37,53H,1-10H2. The first-order valence-corrected chi connectivity index (χ1v) is 22.7. The molecular weight excluding hydrogens is 841 g/mol. The normalized spacial score (nSPS) is 25.9. The minimum absolute atomic E-state index is 0.120. The van der Waals surface area contributed by atoms with Crippen molar-refractivity contribution in [2.45, 2.75) is 80.8 Å². The number of ketones is 4. The Labute approximate surface area is 360 Å². The van der Waals surface area contributed by atoms with Gasteiger partial charge in [0.15, 0.2) is 52.0 Å². The topological polar surface area (TPSA) is 112 Å². The van der Waals surface area contributed by atoms with Gasteiger partial charge >= 0.3 is 0 Å². The van der Waals surface area contributed by atoms with Gasteiger partial charge in [-0.15, -0.1) is 11.3 Å². The number of fused-ring (bicyclic) bond motifs is 10. The fourth-order valence-corrected chi connectivity index (χ4v) is 13.2. The summed E-state index contributed by atoms with van der Waals surface area (Å²) in [6.45, 7) is 0. The van der Waals surface area contributed by atoms with E-state index in [1.54, 1.807) is 6.08 Å². The third-order valence-electron chi connectivity index (χ3n) is 13.8. The Morgan fingerprint density at radius 3 is 1.68 bits per heavy atom. The van der Waals surface area contributed by atoms with Crippen LogP contribution in [0.15, 0.2) is 93.5 Å². The van der Waals surface area contributed by atoms with E-state index in [1.165, 1.54) is 29.2 Å². The number of aromatic nitrogens is 1. The molecule has 2 spiro atoms. The first kappa shape index (κ1) is 38.1. The largest absolute Gasteiger partial charge is 0.481 e. The van der Waals surface area contributed by atoms with E-state index in [-0.39, 0.29) is 45.2 Å². The van der Waals surface area contributed by atoms with Crippen molar-refractivity contribution in [2.24, 2.45) is 11.8 Å². The smallest absolute Gasteiger partial charge is 0.197 e. The van der Waals surface area contributed by atoms with Crippen LogP contribution in [0.2, 0.25) is 0 Å². The highest BCUT2D eigenvalue weighted by Crippen LogP contribution is 2.58. The third kappa shape index (κ3) is 5.47. The van der Waals surface area contributed by atoms with E-state index in [0.29, 0.717) is 5.01 Å². The van der Waals surface area contributed by atoms with Crippen LogP contribution in [0.1, 0.15) is 121 Å². The second-order valence-corrected chi connectivity index (χ2v) is 19.6. The zero-order chi connectivity index (χ0) is 42.4. The molecule has 312 valence electrons. The van der Waals surface area contributed by atoms with Gasteiger partial charge in [0.2, 0.25) is 0 Å². The van der Waals surface area contributed by atoms with Crippen LogP contribution in [0.3, 0.4) is 0 Å². The van der Waals surface area contributed by atoms with Crippen LogP contribution in [0.25, 0.3) is 11.6 Å². The van der Waals surface area contributed by atoms with Crippen molar-refractivity contribution in [1.29, 1.82) is 0 Å². The Kier molecular flexibility index (Phi) is 8.27. The number of hydrogen-bond donors (Lipinski definition) is 1. The molecule has 0 saturated heterocycles. The van der Waals surface area contributed by atoms with Gasteiger partial charge in [-0.25, -0.2) is 22.5 Å². The number of nitrogens with one attached hydrogen (secondary N) is 1. The predicted molar refractivity (Wildman–Crippen MR) is 222 cm³/mol. The van der Waals surface area contributed by atoms with E-state index >= 15 is 0 Å². The molecule has 4 heterocycles. The Balaban J connectivity index is 0.904. The first-order chi connectivity index (χ1) is 29.9. The van der Waals surface area contributed by atoms with Crippen molar-refractivity contribution in [1.82, 2.24) is 10.3 Å². The highest BCUT2D eigenvalue weighted by atomic mass is 32.2. The fraction of sp³-hybridized carbons (Fsp3) is 0.312. The molecule has 0 bridgehead atoms. The van der Waals surface area contributed by atoms with Crippen LogP contribution in [0, 0.1) is 35.1 Å². The summed E-state index contributed by atoms with van der Waals surface area (Å²) in [5, 5.41) is 3.51. The van der Waals surface area contributed by atoms with Crippen molar-refractivity contribution in [3.8, 4) is 0 Å². The molecule has 62 heavy (non-hydrogen) atoms. The van der Waals surface area contributed by atoms with Crippen LogP contribution in [-0.4, -0.2) is 39.1 Å². The van der Waals surface area contributed by atoms with Gasteiger partial charge in [0.1, 0.15) is 27.8 Å². The van der Waals surface area contributed by atoms with E-state index < -0.39 is 63.0 Å². The van der Waals surface area contributed by atoms with Crippen LogP contribution in [-0.2, 0) is 15.1 Å². The van der Waals surface area contributed by atoms with Gasteiger partial charge < -0.3 is 14.8 Å². The number of carbonyl (C=O) groups excluding carboxylic acids is 4. The molecule has 2 saturated carbocycles. The number of halogens is 4. The van der Waals surface area contributed by atoms with Crippen molar-refractivity contribution in [3.05, 3.63) is 155 Å². The van der Waals surface area contributed by atoms with Crippen molar-refractivity contribution < 1.29 is 46.2 Å². The molecule has 3 unspecified atom stereocenters. The monoisotopic (exact) mass is 874 g/mol. The second-order valence-electron chi connectivity index (χ2n) is 17.4. The molecular formula is C48H34F4N2O6S2. The number of thioether (sulfide) groups is 1. The molecule has 0 radical (unpaired) electrons. The number of rotatable bonds is 2. The molecule has 9 aliphatic rings. The van der Waals surface area contributed by atoms with E-state index in [4.69, 9.17) is 14.5 Å². The van der Waals surface area contributed by atoms with E-state index in [0.717, 1.165) is 132 Å². The maximum Gasteiger partial charge on any atom is 0.197 e. The highest BCUT2D eigenvalue weighted by Gasteiger charge is 2.52. The Morgan fingerprint density at radius 2 is 1.11 bits per heavy atom. The zero-order valence-corrected chi connectivity index (χ0v) is 34.4. The summed E-state index contributed by atoms with van der Waals surface area (Å²) in [5.74, 6) is -6.13. The van der Waals surface area contributed by atoms with Gasteiger partial charge in [0.25, 0.3) is 0 Å². The highest BCUT2D eigenvalue weighted by molar-refractivity contribution is 8.04. The molecule has 2 aromatic carbocycles. The number of allylic oxidation sites excluding steroid dienone is 8. The summed E-state index contributed by atoms with van der Waals surface area (Å²) >= 11 is 2.86. The van der Waals surface area contributed by atoms with Crippen LogP contribution in [0.5, 0.6) is 0 Å². The van der Waals surface area contributed by atoms with Gasteiger partial charge in [0, 0.05) is 50.1 Å². The van der Waals surface area contributed by atoms with Crippen LogP contribution >= 0.6 is 23.1 Å². The predicted octanol–water partition coefficient (Wildman–Crippen LogP) is 10.3. The molecule has 3 aromatic rings. The van der Waals surface area contributed by atoms with E-state index in [1.807, 2.05) is 0 Å². The SMILES string of the molecule is O=C1C(=Cc2nc3c(s2)C2=CC4C=C5OC6(CCCCC6)C6=C(SC(C=C7C(=O)c8cc(F)c(F)cc8C7=O)N6)C5=CC4C=C2OC32CCCCC2)C(=O)c2cc(F)c(F)cc21. The molecule has 2 fully saturated rings. The first-order valence-electron chi connectivity index (χ1n) is 21.0. The molecule has 0 amide bonds. The zero-order valence-electron chi connectivity index (χ0n) is 32.8. The number of nitrogens with zero attached hydrogens (tertiary/aromatic N) is 1. The van der Waals surface area contributed by atoms with E-state index in [9.17, 15) is 36.7 Å².